The summed E-state index contributed by atoms with van der Waals surface area (Å²) in [7, 11) is 1.73. The lowest BCUT2D eigenvalue weighted by Crippen LogP contribution is -1.98. The van der Waals surface area contributed by atoms with Gasteiger partial charge in [0.25, 0.3) is 0 Å². The number of hydrogen-bond acceptors (Lipinski definition) is 3. The minimum atomic E-state index is -0.309. The molecule has 2 N–H and O–H groups in total. The maximum Gasteiger partial charge on any atom is 0.357 e. The van der Waals surface area contributed by atoms with Crippen LogP contribution in [0.4, 0.5) is 0 Å². The van der Waals surface area contributed by atoms with Crippen LogP contribution in [-0.2, 0) is 20.0 Å². The first kappa shape index (κ1) is 10.7. The van der Waals surface area contributed by atoms with Gasteiger partial charge in [0.2, 0.25) is 0 Å². The van der Waals surface area contributed by atoms with Crippen molar-refractivity contribution in [3.63, 3.8) is 0 Å². The molecule has 0 unspecified atom stereocenters. The van der Waals surface area contributed by atoms with Gasteiger partial charge in [0.15, 0.2) is 0 Å². The third-order valence-electron chi connectivity index (χ3n) is 2.56. The Balaban J connectivity index is 2.20. The standard InChI is InChI=1S/C12H14N2O2/c1-14-11(7-12(15)16-14)6-9-2-4-10(8-13)5-3-9/h2-5,7H,6,8,13H2,1H3. The molecule has 0 radical (unpaired) electrons. The van der Waals surface area contributed by atoms with Gasteiger partial charge in [-0.05, 0) is 11.1 Å². The van der Waals surface area contributed by atoms with Crippen molar-refractivity contribution < 1.29 is 4.52 Å². The predicted molar refractivity (Wildman–Crippen MR) is 61.1 cm³/mol. The van der Waals surface area contributed by atoms with Gasteiger partial charge in [0.1, 0.15) is 0 Å². The van der Waals surface area contributed by atoms with Gasteiger partial charge in [-0.2, -0.15) is 0 Å². The summed E-state index contributed by atoms with van der Waals surface area (Å²) >= 11 is 0. The molecule has 0 aliphatic heterocycles. The van der Waals surface area contributed by atoms with Gasteiger partial charge >= 0.3 is 5.63 Å². The van der Waals surface area contributed by atoms with E-state index >= 15 is 0 Å². The maximum atomic E-state index is 11.0. The first-order chi connectivity index (χ1) is 7.69. The Morgan fingerprint density at radius 1 is 1.25 bits per heavy atom. The molecule has 84 valence electrons. The first-order valence-electron chi connectivity index (χ1n) is 5.13. The Labute approximate surface area is 93.3 Å². The van der Waals surface area contributed by atoms with E-state index in [1.807, 2.05) is 24.3 Å². The van der Waals surface area contributed by atoms with E-state index in [2.05, 4.69) is 0 Å². The van der Waals surface area contributed by atoms with Crippen LogP contribution in [0.5, 0.6) is 0 Å². The van der Waals surface area contributed by atoms with Crippen LogP contribution in [0, 0.1) is 0 Å². The summed E-state index contributed by atoms with van der Waals surface area (Å²) < 4.78 is 6.37. The van der Waals surface area contributed by atoms with E-state index in [9.17, 15) is 4.79 Å². The normalized spacial score (nSPS) is 10.6. The minimum absolute atomic E-state index is 0.309. The molecule has 4 nitrogen and oxygen atoms in total. The third-order valence-corrected chi connectivity index (χ3v) is 2.56. The quantitative estimate of drug-likeness (QED) is 0.837. The molecule has 0 aliphatic rings. The maximum absolute atomic E-state index is 11.0. The van der Waals surface area contributed by atoms with Crippen LogP contribution in [-0.4, -0.2) is 4.74 Å². The van der Waals surface area contributed by atoms with Gasteiger partial charge in [-0.1, -0.05) is 24.3 Å². The summed E-state index contributed by atoms with van der Waals surface area (Å²) in [5, 5.41) is 0. The molecule has 0 aliphatic carbocycles. The van der Waals surface area contributed by atoms with Gasteiger partial charge in [0, 0.05) is 26.1 Å². The van der Waals surface area contributed by atoms with Gasteiger partial charge in [-0.15, -0.1) is 0 Å². The molecule has 1 aromatic heterocycles. The topological polar surface area (TPSA) is 61.2 Å². The molecule has 2 aromatic rings. The number of aryl methyl sites for hydroxylation is 1. The van der Waals surface area contributed by atoms with Gasteiger partial charge in [-0.3, -0.25) is 0 Å². The van der Waals surface area contributed by atoms with Crippen LogP contribution in [0.2, 0.25) is 0 Å². The van der Waals surface area contributed by atoms with E-state index in [-0.39, 0.29) is 5.63 Å². The number of benzene rings is 1. The molecule has 1 heterocycles. The summed E-state index contributed by atoms with van der Waals surface area (Å²) in [4.78, 5) is 11.0. The highest BCUT2D eigenvalue weighted by atomic mass is 16.5. The van der Waals surface area contributed by atoms with Crippen LogP contribution >= 0.6 is 0 Å². The summed E-state index contributed by atoms with van der Waals surface area (Å²) in [5.41, 5.74) is 8.31. The lowest BCUT2D eigenvalue weighted by Gasteiger charge is -2.02. The monoisotopic (exact) mass is 218 g/mol. The number of rotatable bonds is 3. The smallest absolute Gasteiger partial charge is 0.337 e. The highest BCUT2D eigenvalue weighted by Gasteiger charge is 2.04. The molecule has 1 aromatic carbocycles. The van der Waals surface area contributed by atoms with Gasteiger partial charge in [0.05, 0.1) is 5.69 Å². The van der Waals surface area contributed by atoms with Crippen LogP contribution < -0.4 is 11.4 Å². The highest BCUT2D eigenvalue weighted by molar-refractivity contribution is 5.25. The second-order valence-electron chi connectivity index (χ2n) is 3.74. The van der Waals surface area contributed by atoms with Gasteiger partial charge in [-0.25, -0.2) is 9.53 Å². The summed E-state index contributed by atoms with van der Waals surface area (Å²) in [6, 6.07) is 9.53. The minimum Gasteiger partial charge on any atom is -0.337 e. The molecule has 0 amide bonds. The average Bonchev–Trinajstić information content (AvgIpc) is 2.59. The molecular weight excluding hydrogens is 204 g/mol. The van der Waals surface area contributed by atoms with E-state index in [1.54, 1.807) is 7.05 Å². The zero-order chi connectivity index (χ0) is 11.5. The second kappa shape index (κ2) is 4.37. The Morgan fingerprint density at radius 3 is 2.38 bits per heavy atom. The van der Waals surface area contributed by atoms with Crippen molar-refractivity contribution >= 4 is 0 Å². The average molecular weight is 218 g/mol. The fourth-order valence-corrected chi connectivity index (χ4v) is 1.61. The highest BCUT2D eigenvalue weighted by Crippen LogP contribution is 2.09. The number of aromatic nitrogens is 1. The summed E-state index contributed by atoms with van der Waals surface area (Å²) in [6.45, 7) is 0.546. The molecule has 0 fully saturated rings. The number of hydrogen-bond donors (Lipinski definition) is 1. The summed E-state index contributed by atoms with van der Waals surface area (Å²) in [6.07, 6.45) is 0.688. The van der Waals surface area contributed by atoms with Crippen molar-refractivity contribution in [1.82, 2.24) is 4.74 Å². The predicted octanol–water partition coefficient (Wildman–Crippen LogP) is 1.03. The van der Waals surface area contributed by atoms with E-state index in [1.165, 1.54) is 10.8 Å². The van der Waals surface area contributed by atoms with Crippen molar-refractivity contribution in [2.45, 2.75) is 13.0 Å². The first-order valence-corrected chi connectivity index (χ1v) is 5.13. The Bertz CT molecular complexity index is 523. The largest absolute Gasteiger partial charge is 0.357 e. The second-order valence-corrected chi connectivity index (χ2v) is 3.74. The van der Waals surface area contributed by atoms with Crippen LogP contribution in [0.3, 0.4) is 0 Å². The van der Waals surface area contributed by atoms with Crippen LogP contribution in [0.25, 0.3) is 0 Å². The van der Waals surface area contributed by atoms with Gasteiger partial charge < -0.3 is 10.3 Å². The lowest BCUT2D eigenvalue weighted by atomic mass is 10.1. The molecule has 0 atom stereocenters. The van der Waals surface area contributed by atoms with E-state index < -0.39 is 0 Å². The van der Waals surface area contributed by atoms with E-state index in [0.717, 1.165) is 16.8 Å². The zero-order valence-corrected chi connectivity index (χ0v) is 9.14. The van der Waals surface area contributed by atoms with Crippen molar-refractivity contribution in [1.29, 1.82) is 0 Å². The SMILES string of the molecule is Cn1oc(=O)cc1Cc1ccc(CN)cc1. The molecule has 0 spiro atoms. The van der Waals surface area contributed by atoms with Crippen molar-refractivity contribution in [2.24, 2.45) is 12.8 Å². The molecule has 16 heavy (non-hydrogen) atoms. The van der Waals surface area contributed by atoms with Crippen molar-refractivity contribution in [2.75, 3.05) is 0 Å². The molecule has 0 bridgehead atoms. The van der Waals surface area contributed by atoms with E-state index in [0.29, 0.717) is 13.0 Å². The fourth-order valence-electron chi connectivity index (χ4n) is 1.61. The van der Waals surface area contributed by atoms with Crippen molar-refractivity contribution in [3.05, 3.63) is 57.6 Å². The molecular formula is C12H14N2O2. The third kappa shape index (κ3) is 2.23. The molecule has 0 saturated carbocycles. The molecule has 4 heteroatoms. The Hall–Kier alpha value is -1.81. The molecule has 0 saturated heterocycles. The molecule has 2 rings (SSSR count). The lowest BCUT2D eigenvalue weighted by molar-refractivity contribution is 0.278. The fraction of sp³-hybridized carbons (Fsp3) is 0.250. The zero-order valence-electron chi connectivity index (χ0n) is 9.14. The van der Waals surface area contributed by atoms with Crippen LogP contribution in [0.15, 0.2) is 39.6 Å². The summed E-state index contributed by atoms with van der Waals surface area (Å²) in [5.74, 6) is 0. The number of nitrogens with zero attached hydrogens (tertiary/aromatic N) is 1. The van der Waals surface area contributed by atoms with E-state index in [4.69, 9.17) is 10.3 Å². The Morgan fingerprint density at radius 2 is 1.88 bits per heavy atom. The van der Waals surface area contributed by atoms with Crippen LogP contribution in [0.1, 0.15) is 16.8 Å². The number of nitrogens with two attached hydrogens (primary N) is 1. The van der Waals surface area contributed by atoms with Crippen molar-refractivity contribution in [3.8, 4) is 0 Å². The Kier molecular flexibility index (Phi) is 2.92.